The fourth-order valence-electron chi connectivity index (χ4n) is 3.97. The lowest BCUT2D eigenvalue weighted by atomic mass is 9.98. The molecule has 0 saturated heterocycles. The van der Waals surface area contributed by atoms with Crippen LogP contribution in [0.25, 0.3) is 11.1 Å². The molecule has 1 heterocycles. The van der Waals surface area contributed by atoms with Crippen LogP contribution in [-0.2, 0) is 21.4 Å². The number of hydrogen-bond acceptors (Lipinski definition) is 6. The maximum atomic E-state index is 12.6. The number of hydrogen-bond donors (Lipinski definition) is 4. The fraction of sp³-hybridized carbons (Fsp3) is 0.208. The van der Waals surface area contributed by atoms with Crippen LogP contribution in [0.1, 0.15) is 27.5 Å². The quantitative estimate of drug-likeness (QED) is 0.385. The van der Waals surface area contributed by atoms with Gasteiger partial charge in [-0.15, -0.1) is 0 Å². The average molecular weight is 477 g/mol. The number of amides is 3. The summed E-state index contributed by atoms with van der Waals surface area (Å²) in [5, 5.41) is 19.6. The van der Waals surface area contributed by atoms with Crippen molar-refractivity contribution in [2.45, 2.75) is 5.92 Å². The van der Waals surface area contributed by atoms with E-state index in [1.165, 1.54) is 10.9 Å². The molecule has 4 N–H and O–H groups in total. The zero-order valence-corrected chi connectivity index (χ0v) is 18.8. The summed E-state index contributed by atoms with van der Waals surface area (Å²) < 4.78 is 6.83. The summed E-state index contributed by atoms with van der Waals surface area (Å²) in [6, 6.07) is 15.9. The number of aromatic nitrogens is 2. The molecule has 1 aromatic heterocycles. The van der Waals surface area contributed by atoms with Crippen molar-refractivity contribution in [2.24, 2.45) is 7.05 Å². The molecule has 0 spiro atoms. The maximum absolute atomic E-state index is 12.6. The second-order valence-electron chi connectivity index (χ2n) is 7.87. The molecule has 3 aromatic rings. The first-order valence-electron chi connectivity index (χ1n) is 10.8. The fourth-order valence-corrected chi connectivity index (χ4v) is 3.97. The van der Waals surface area contributed by atoms with E-state index in [9.17, 15) is 19.2 Å². The summed E-state index contributed by atoms with van der Waals surface area (Å²) in [5.74, 6) is -2.72. The van der Waals surface area contributed by atoms with Gasteiger partial charge in [0.25, 0.3) is 5.91 Å². The van der Waals surface area contributed by atoms with Crippen molar-refractivity contribution >= 4 is 29.6 Å². The number of ether oxygens (including phenoxy) is 1. The number of carboxylic acid groups (broad SMARTS) is 1. The average Bonchev–Trinajstić information content (AvgIpc) is 3.37. The Morgan fingerprint density at radius 1 is 0.971 bits per heavy atom. The molecule has 0 atom stereocenters. The van der Waals surface area contributed by atoms with Gasteiger partial charge in [-0.2, -0.15) is 5.10 Å². The van der Waals surface area contributed by atoms with Gasteiger partial charge in [0.1, 0.15) is 13.2 Å². The smallest absolute Gasteiger partial charge is 0.411 e. The molecule has 0 bridgehead atoms. The highest BCUT2D eigenvalue weighted by atomic mass is 16.5. The van der Waals surface area contributed by atoms with Crippen molar-refractivity contribution in [3.63, 3.8) is 0 Å². The van der Waals surface area contributed by atoms with Crippen LogP contribution in [0, 0.1) is 0 Å². The highest BCUT2D eigenvalue weighted by molar-refractivity contribution is 6.02. The number of nitrogens with one attached hydrogen (secondary N) is 3. The number of carboxylic acids is 1. The van der Waals surface area contributed by atoms with Crippen LogP contribution in [0.2, 0.25) is 0 Å². The Bertz CT molecular complexity index is 1260. The zero-order valence-electron chi connectivity index (χ0n) is 18.8. The van der Waals surface area contributed by atoms with Crippen molar-refractivity contribution in [2.75, 3.05) is 25.0 Å². The number of aliphatic carboxylic acids is 1. The second-order valence-corrected chi connectivity index (χ2v) is 7.87. The molecule has 11 nitrogen and oxygen atoms in total. The van der Waals surface area contributed by atoms with Crippen LogP contribution < -0.4 is 16.0 Å². The molecule has 3 amide bonds. The number of aryl methyl sites for hydroxylation is 1. The lowest BCUT2D eigenvalue weighted by Crippen LogP contribution is -2.39. The van der Waals surface area contributed by atoms with Crippen molar-refractivity contribution in [3.8, 4) is 11.1 Å². The molecule has 1 aliphatic carbocycles. The van der Waals surface area contributed by atoms with Crippen molar-refractivity contribution < 1.29 is 29.0 Å². The van der Waals surface area contributed by atoms with E-state index < -0.39 is 37.0 Å². The highest BCUT2D eigenvalue weighted by Crippen LogP contribution is 2.44. The molecule has 1 aliphatic rings. The molecule has 0 radical (unpaired) electrons. The minimum atomic E-state index is -1.20. The monoisotopic (exact) mass is 477 g/mol. The van der Waals surface area contributed by atoms with Gasteiger partial charge in [-0.3, -0.25) is 24.4 Å². The Morgan fingerprint density at radius 3 is 2.23 bits per heavy atom. The van der Waals surface area contributed by atoms with E-state index in [0.717, 1.165) is 22.3 Å². The first-order valence-corrected chi connectivity index (χ1v) is 10.8. The molecular weight excluding hydrogens is 454 g/mol. The van der Waals surface area contributed by atoms with E-state index in [0.29, 0.717) is 0 Å². The van der Waals surface area contributed by atoms with Crippen LogP contribution in [0.5, 0.6) is 0 Å². The third-order valence-electron chi connectivity index (χ3n) is 5.47. The van der Waals surface area contributed by atoms with Crippen molar-refractivity contribution in [1.29, 1.82) is 0 Å². The predicted molar refractivity (Wildman–Crippen MR) is 125 cm³/mol. The summed E-state index contributed by atoms with van der Waals surface area (Å²) in [4.78, 5) is 47.2. The van der Waals surface area contributed by atoms with Crippen LogP contribution in [-0.4, -0.2) is 58.5 Å². The zero-order chi connectivity index (χ0) is 24.9. The van der Waals surface area contributed by atoms with Crippen LogP contribution >= 0.6 is 0 Å². The Hall–Kier alpha value is -4.67. The van der Waals surface area contributed by atoms with E-state index >= 15 is 0 Å². The number of anilines is 1. The van der Waals surface area contributed by atoms with Crippen LogP contribution in [0.3, 0.4) is 0 Å². The van der Waals surface area contributed by atoms with Gasteiger partial charge < -0.3 is 20.5 Å². The largest absolute Gasteiger partial charge is 0.480 e. The number of benzene rings is 2. The van der Waals surface area contributed by atoms with E-state index in [1.807, 2.05) is 48.5 Å². The minimum Gasteiger partial charge on any atom is -0.480 e. The number of rotatable bonds is 8. The van der Waals surface area contributed by atoms with Crippen LogP contribution in [0.4, 0.5) is 10.5 Å². The molecule has 2 aromatic carbocycles. The number of nitrogens with zero attached hydrogens (tertiary/aromatic N) is 2. The molecule has 0 aliphatic heterocycles. The molecule has 35 heavy (non-hydrogen) atoms. The third kappa shape index (κ3) is 5.29. The van der Waals surface area contributed by atoms with Gasteiger partial charge in [0, 0.05) is 19.2 Å². The first-order chi connectivity index (χ1) is 16.8. The molecule has 0 unspecified atom stereocenters. The predicted octanol–water partition coefficient (Wildman–Crippen LogP) is 1.71. The molecule has 11 heteroatoms. The molecule has 4 rings (SSSR count). The molecular formula is C24H23N5O6. The van der Waals surface area contributed by atoms with E-state index in [4.69, 9.17) is 9.84 Å². The summed E-state index contributed by atoms with van der Waals surface area (Å²) >= 11 is 0. The number of carbonyl (C=O) groups is 4. The minimum absolute atomic E-state index is 0.103. The van der Waals surface area contributed by atoms with Gasteiger partial charge in [0.15, 0.2) is 5.69 Å². The Kier molecular flexibility index (Phi) is 6.76. The third-order valence-corrected chi connectivity index (χ3v) is 5.47. The maximum Gasteiger partial charge on any atom is 0.411 e. The van der Waals surface area contributed by atoms with Crippen LogP contribution in [0.15, 0.2) is 54.7 Å². The lowest BCUT2D eigenvalue weighted by Gasteiger charge is -2.14. The SMILES string of the molecule is Cn1cc(NC(=O)OCC2c3ccccc3-c3ccccc32)c(C(=O)NCC(=O)NCC(=O)O)n1. The normalized spacial score (nSPS) is 11.8. The number of carbonyl (C=O) groups excluding carboxylic acids is 3. The summed E-state index contributed by atoms with van der Waals surface area (Å²) in [6.45, 7) is -0.911. The topological polar surface area (TPSA) is 152 Å². The standard InChI is InChI=1S/C24H23N5O6/c1-29-12-19(22(28-29)23(33)26-10-20(30)25-11-21(31)32)27-24(34)35-13-18-16-8-4-2-6-14(16)15-7-3-5-9-17(15)18/h2-9,12,18H,10-11,13H2,1H3,(H,25,30)(H,26,33)(H,27,34)(H,31,32). The van der Waals surface area contributed by atoms with E-state index in [2.05, 4.69) is 21.0 Å². The number of fused-ring (bicyclic) bond motifs is 3. The Morgan fingerprint density at radius 2 is 1.60 bits per heavy atom. The lowest BCUT2D eigenvalue weighted by molar-refractivity contribution is -0.137. The van der Waals surface area contributed by atoms with Gasteiger partial charge >= 0.3 is 12.1 Å². The first kappa shape index (κ1) is 23.5. The highest BCUT2D eigenvalue weighted by Gasteiger charge is 2.29. The van der Waals surface area contributed by atoms with E-state index in [1.54, 1.807) is 7.05 Å². The van der Waals surface area contributed by atoms with E-state index in [-0.39, 0.29) is 23.9 Å². The Labute approximate surface area is 200 Å². The van der Waals surface area contributed by atoms with Crippen molar-refractivity contribution in [3.05, 3.63) is 71.5 Å². The van der Waals surface area contributed by atoms with Gasteiger partial charge in [-0.1, -0.05) is 48.5 Å². The second kappa shape index (κ2) is 10.1. The van der Waals surface area contributed by atoms with Crippen molar-refractivity contribution in [1.82, 2.24) is 20.4 Å². The summed E-state index contributed by atoms with van der Waals surface area (Å²) in [6.07, 6.45) is 0.675. The molecule has 0 fully saturated rings. The summed E-state index contributed by atoms with van der Waals surface area (Å²) in [7, 11) is 1.57. The van der Waals surface area contributed by atoms with Gasteiger partial charge in [0.05, 0.1) is 12.2 Å². The van der Waals surface area contributed by atoms with Gasteiger partial charge in [-0.25, -0.2) is 4.79 Å². The molecule has 180 valence electrons. The van der Waals surface area contributed by atoms with Gasteiger partial charge in [0.2, 0.25) is 5.91 Å². The van der Waals surface area contributed by atoms with Gasteiger partial charge in [-0.05, 0) is 22.3 Å². The summed E-state index contributed by atoms with van der Waals surface area (Å²) in [5.41, 5.74) is 4.35. The Balaban J connectivity index is 1.38. The molecule has 0 saturated carbocycles.